The van der Waals surface area contributed by atoms with Gasteiger partial charge < -0.3 is 9.30 Å². The highest BCUT2D eigenvalue weighted by molar-refractivity contribution is 5.68. The van der Waals surface area contributed by atoms with Gasteiger partial charge in [0.2, 0.25) is 0 Å². The van der Waals surface area contributed by atoms with Crippen molar-refractivity contribution in [2.45, 2.75) is 13.0 Å². The Morgan fingerprint density at radius 3 is 2.92 bits per heavy atom. The van der Waals surface area contributed by atoms with Crippen LogP contribution in [0, 0.1) is 0 Å². The molecule has 1 heterocycles. The van der Waals surface area contributed by atoms with Gasteiger partial charge in [0, 0.05) is 18.8 Å². The highest BCUT2D eigenvalue weighted by Crippen LogP contribution is 1.89. The van der Waals surface area contributed by atoms with Crippen molar-refractivity contribution in [1.29, 1.82) is 0 Å². The number of methoxy groups -OCH3 is 1. The molecule has 4 nitrogen and oxygen atoms in total. The van der Waals surface area contributed by atoms with Gasteiger partial charge in [0.1, 0.15) is 0 Å². The molecule has 0 atom stereocenters. The summed E-state index contributed by atoms with van der Waals surface area (Å²) in [6.45, 7) is 0.367. The number of hydrogen-bond acceptors (Lipinski definition) is 3. The zero-order valence-corrected chi connectivity index (χ0v) is 7.40. The summed E-state index contributed by atoms with van der Waals surface area (Å²) in [7, 11) is 1.33. The van der Waals surface area contributed by atoms with Crippen LogP contribution in [0.15, 0.2) is 29.2 Å². The molecular weight excluding hydrogens is 170 g/mol. The van der Waals surface area contributed by atoms with Crippen LogP contribution < -0.4 is 5.56 Å². The molecular formula is C9H11NO3. The van der Waals surface area contributed by atoms with Crippen molar-refractivity contribution in [1.82, 2.24) is 4.57 Å². The molecule has 0 unspecified atom stereocenters. The summed E-state index contributed by atoms with van der Waals surface area (Å²) < 4.78 is 5.93. The minimum atomic E-state index is -0.309. The van der Waals surface area contributed by atoms with E-state index in [1.54, 1.807) is 18.3 Å². The second-order valence-corrected chi connectivity index (χ2v) is 2.56. The maximum atomic E-state index is 11.1. The lowest BCUT2D eigenvalue weighted by atomic mass is 10.4. The number of esters is 1. The number of aromatic nitrogens is 1. The molecule has 1 aromatic heterocycles. The fourth-order valence-electron chi connectivity index (χ4n) is 0.959. The van der Waals surface area contributed by atoms with Crippen LogP contribution in [0.5, 0.6) is 0 Å². The molecule has 0 fully saturated rings. The number of carbonyl (C=O) groups excluding carboxylic acids is 1. The molecule has 0 aliphatic carbocycles. The van der Waals surface area contributed by atoms with Crippen LogP contribution in [-0.4, -0.2) is 17.6 Å². The second kappa shape index (κ2) is 4.45. The molecule has 0 amide bonds. The fourth-order valence-corrected chi connectivity index (χ4v) is 0.959. The number of rotatable bonds is 3. The van der Waals surface area contributed by atoms with Gasteiger partial charge in [-0.2, -0.15) is 0 Å². The van der Waals surface area contributed by atoms with Crippen molar-refractivity contribution in [3.05, 3.63) is 34.7 Å². The maximum absolute atomic E-state index is 11.1. The number of aryl methyl sites for hydroxylation is 1. The molecule has 4 heteroatoms. The van der Waals surface area contributed by atoms with Gasteiger partial charge in [-0.1, -0.05) is 6.07 Å². The Morgan fingerprint density at radius 1 is 1.54 bits per heavy atom. The third kappa shape index (κ3) is 2.74. The highest BCUT2D eigenvalue weighted by atomic mass is 16.5. The predicted molar refractivity (Wildman–Crippen MR) is 47.3 cm³/mol. The Bertz CT molecular complexity index is 343. The van der Waals surface area contributed by atoms with E-state index in [4.69, 9.17) is 0 Å². The summed E-state index contributed by atoms with van der Waals surface area (Å²) in [5.74, 6) is -0.309. The quantitative estimate of drug-likeness (QED) is 0.634. The average molecular weight is 181 g/mol. The molecule has 0 aromatic carbocycles. The largest absolute Gasteiger partial charge is 0.469 e. The van der Waals surface area contributed by atoms with Gasteiger partial charge in [-0.15, -0.1) is 0 Å². The molecule has 0 saturated carbocycles. The maximum Gasteiger partial charge on any atom is 0.307 e. The normalized spacial score (nSPS) is 9.62. The number of carbonyl (C=O) groups is 1. The topological polar surface area (TPSA) is 48.3 Å². The van der Waals surface area contributed by atoms with Gasteiger partial charge in [0.15, 0.2) is 0 Å². The molecule has 70 valence electrons. The van der Waals surface area contributed by atoms with Gasteiger partial charge >= 0.3 is 5.97 Å². The average Bonchev–Trinajstić information content (AvgIpc) is 2.16. The summed E-state index contributed by atoms with van der Waals surface area (Å²) in [4.78, 5) is 21.9. The molecule has 0 aliphatic heterocycles. The standard InChI is InChI=1S/C9H11NO3/c1-13-9(12)5-7-10-6-3-2-4-8(10)11/h2-4,6H,5,7H2,1H3. The van der Waals surface area contributed by atoms with Crippen LogP contribution in [0.2, 0.25) is 0 Å². The van der Waals surface area contributed by atoms with Crippen molar-refractivity contribution in [3.63, 3.8) is 0 Å². The Morgan fingerprint density at radius 2 is 2.31 bits per heavy atom. The summed E-state index contributed by atoms with van der Waals surface area (Å²) >= 11 is 0. The van der Waals surface area contributed by atoms with Gasteiger partial charge in [0.25, 0.3) is 5.56 Å². The predicted octanol–water partition coefficient (Wildman–Crippen LogP) is 0.411. The Balaban J connectivity index is 2.60. The van der Waals surface area contributed by atoms with Crippen molar-refractivity contribution in [2.24, 2.45) is 0 Å². The van der Waals surface area contributed by atoms with Gasteiger partial charge in [0.05, 0.1) is 13.5 Å². The van der Waals surface area contributed by atoms with Crippen LogP contribution in [-0.2, 0) is 16.1 Å². The lowest BCUT2D eigenvalue weighted by Gasteiger charge is -2.02. The fraction of sp³-hybridized carbons (Fsp3) is 0.333. The van der Waals surface area contributed by atoms with Crippen molar-refractivity contribution in [3.8, 4) is 0 Å². The highest BCUT2D eigenvalue weighted by Gasteiger charge is 2.00. The first-order valence-electron chi connectivity index (χ1n) is 3.96. The van der Waals surface area contributed by atoms with Crippen molar-refractivity contribution >= 4 is 5.97 Å². The van der Waals surface area contributed by atoms with E-state index in [1.807, 2.05) is 0 Å². The van der Waals surface area contributed by atoms with Crippen LogP contribution in [0.1, 0.15) is 6.42 Å². The van der Waals surface area contributed by atoms with E-state index in [0.717, 1.165) is 0 Å². The van der Waals surface area contributed by atoms with Gasteiger partial charge in [-0.05, 0) is 6.07 Å². The van der Waals surface area contributed by atoms with E-state index < -0.39 is 0 Å². The molecule has 0 N–H and O–H groups in total. The van der Waals surface area contributed by atoms with Crippen molar-refractivity contribution < 1.29 is 9.53 Å². The number of hydrogen-bond donors (Lipinski definition) is 0. The molecule has 0 saturated heterocycles. The van der Waals surface area contributed by atoms with Crippen LogP contribution in [0.25, 0.3) is 0 Å². The van der Waals surface area contributed by atoms with Gasteiger partial charge in [-0.3, -0.25) is 9.59 Å². The van der Waals surface area contributed by atoms with Crippen molar-refractivity contribution in [2.75, 3.05) is 7.11 Å². The first kappa shape index (κ1) is 9.51. The smallest absolute Gasteiger partial charge is 0.307 e. The number of ether oxygens (including phenoxy) is 1. The monoisotopic (exact) mass is 181 g/mol. The third-order valence-electron chi connectivity index (χ3n) is 1.68. The van der Waals surface area contributed by atoms with E-state index >= 15 is 0 Å². The molecule has 13 heavy (non-hydrogen) atoms. The molecule has 1 rings (SSSR count). The van der Waals surface area contributed by atoms with E-state index in [2.05, 4.69) is 4.74 Å². The SMILES string of the molecule is COC(=O)CCn1ccccc1=O. The Labute approximate surface area is 75.8 Å². The van der Waals surface area contributed by atoms with E-state index in [0.29, 0.717) is 6.54 Å². The third-order valence-corrected chi connectivity index (χ3v) is 1.68. The summed E-state index contributed by atoms with van der Waals surface area (Å²) in [6, 6.07) is 4.87. The summed E-state index contributed by atoms with van der Waals surface area (Å²) in [5.41, 5.74) is -0.105. The lowest BCUT2D eigenvalue weighted by Crippen LogP contribution is -2.19. The Kier molecular flexibility index (Phi) is 3.25. The van der Waals surface area contributed by atoms with E-state index in [1.165, 1.54) is 17.7 Å². The first-order chi connectivity index (χ1) is 6.24. The summed E-state index contributed by atoms with van der Waals surface area (Å²) in [6.07, 6.45) is 1.87. The zero-order valence-electron chi connectivity index (χ0n) is 7.40. The molecule has 0 radical (unpaired) electrons. The zero-order chi connectivity index (χ0) is 9.68. The van der Waals surface area contributed by atoms with Crippen LogP contribution >= 0.6 is 0 Å². The minimum Gasteiger partial charge on any atom is -0.469 e. The van der Waals surface area contributed by atoms with Crippen LogP contribution in [0.4, 0.5) is 0 Å². The summed E-state index contributed by atoms with van der Waals surface area (Å²) in [5, 5.41) is 0. The molecule has 0 spiro atoms. The molecule has 0 aliphatic rings. The molecule has 1 aromatic rings. The first-order valence-corrected chi connectivity index (χ1v) is 3.96. The van der Waals surface area contributed by atoms with Crippen LogP contribution in [0.3, 0.4) is 0 Å². The Hall–Kier alpha value is -1.58. The van der Waals surface area contributed by atoms with E-state index in [-0.39, 0.29) is 17.9 Å². The number of nitrogens with zero attached hydrogens (tertiary/aromatic N) is 1. The lowest BCUT2D eigenvalue weighted by molar-refractivity contribution is -0.140. The second-order valence-electron chi connectivity index (χ2n) is 2.56. The number of pyridine rings is 1. The minimum absolute atomic E-state index is 0.105. The van der Waals surface area contributed by atoms with Gasteiger partial charge in [-0.25, -0.2) is 0 Å². The molecule has 0 bridgehead atoms. The van der Waals surface area contributed by atoms with E-state index in [9.17, 15) is 9.59 Å².